The summed E-state index contributed by atoms with van der Waals surface area (Å²) in [5, 5.41) is 0. The Hall–Kier alpha value is -2.13. The lowest BCUT2D eigenvalue weighted by Crippen LogP contribution is -2.35. The molecule has 3 nitrogen and oxygen atoms in total. The molecular formula is C17H19NO2. The molecule has 0 aliphatic carbocycles. The van der Waals surface area contributed by atoms with Gasteiger partial charge >= 0.3 is 0 Å². The van der Waals surface area contributed by atoms with Crippen molar-refractivity contribution in [3.05, 3.63) is 66.2 Å². The van der Waals surface area contributed by atoms with Gasteiger partial charge in [0.05, 0.1) is 0 Å². The number of para-hydroxylation sites is 1. The molecule has 0 radical (unpaired) electrons. The van der Waals surface area contributed by atoms with E-state index in [0.29, 0.717) is 6.42 Å². The van der Waals surface area contributed by atoms with Crippen molar-refractivity contribution in [3.8, 4) is 0 Å². The van der Waals surface area contributed by atoms with Gasteiger partial charge in [0.2, 0.25) is 5.91 Å². The van der Waals surface area contributed by atoms with Gasteiger partial charge in [0.1, 0.15) is 0 Å². The first-order valence-electron chi connectivity index (χ1n) is 6.72. The molecule has 0 bridgehead atoms. The first kappa shape index (κ1) is 14.3. The van der Waals surface area contributed by atoms with E-state index >= 15 is 0 Å². The van der Waals surface area contributed by atoms with Crippen molar-refractivity contribution < 1.29 is 9.53 Å². The Kier molecular flexibility index (Phi) is 4.91. The fourth-order valence-corrected chi connectivity index (χ4v) is 2.18. The maximum absolute atomic E-state index is 12.3. The van der Waals surface area contributed by atoms with Gasteiger partial charge in [0, 0.05) is 24.8 Å². The fraction of sp³-hybridized carbons (Fsp3) is 0.235. The molecular weight excluding hydrogens is 250 g/mol. The molecule has 1 amide bonds. The van der Waals surface area contributed by atoms with Gasteiger partial charge in [-0.3, -0.25) is 9.69 Å². The van der Waals surface area contributed by atoms with E-state index < -0.39 is 6.23 Å². The highest BCUT2D eigenvalue weighted by Gasteiger charge is 2.25. The topological polar surface area (TPSA) is 29.5 Å². The summed E-state index contributed by atoms with van der Waals surface area (Å²) in [6.07, 6.45) is 0.0211. The lowest BCUT2D eigenvalue weighted by atomic mass is 10.1. The molecule has 2 rings (SSSR count). The SMILES string of the molecule is CCC(=O)N(c1ccccc1)C(OC)c1ccccc1. The molecule has 0 N–H and O–H groups in total. The van der Waals surface area contributed by atoms with Crippen molar-refractivity contribution in [2.75, 3.05) is 12.0 Å². The molecule has 3 heteroatoms. The van der Waals surface area contributed by atoms with Gasteiger partial charge in [0.25, 0.3) is 0 Å². The zero-order valence-corrected chi connectivity index (χ0v) is 11.8. The van der Waals surface area contributed by atoms with E-state index in [0.717, 1.165) is 11.3 Å². The summed E-state index contributed by atoms with van der Waals surface area (Å²) >= 11 is 0. The number of hydrogen-bond donors (Lipinski definition) is 0. The third kappa shape index (κ3) is 3.06. The van der Waals surface area contributed by atoms with Gasteiger partial charge in [-0.1, -0.05) is 55.5 Å². The summed E-state index contributed by atoms with van der Waals surface area (Å²) in [4.78, 5) is 14.0. The normalized spacial score (nSPS) is 11.9. The number of carbonyl (C=O) groups excluding carboxylic acids is 1. The number of ether oxygens (including phenoxy) is 1. The molecule has 104 valence electrons. The highest BCUT2D eigenvalue weighted by atomic mass is 16.5. The van der Waals surface area contributed by atoms with Gasteiger partial charge in [-0.2, -0.15) is 0 Å². The molecule has 1 unspecified atom stereocenters. The molecule has 0 saturated heterocycles. The Balaban J connectivity index is 2.42. The molecule has 0 spiro atoms. The van der Waals surface area contributed by atoms with Crippen molar-refractivity contribution in [3.63, 3.8) is 0 Å². The van der Waals surface area contributed by atoms with Gasteiger partial charge in [-0.15, -0.1) is 0 Å². The van der Waals surface area contributed by atoms with Crippen LogP contribution < -0.4 is 4.90 Å². The van der Waals surface area contributed by atoms with Gasteiger partial charge < -0.3 is 4.74 Å². The fourth-order valence-electron chi connectivity index (χ4n) is 2.18. The Morgan fingerprint density at radius 1 is 1.05 bits per heavy atom. The second-order valence-corrected chi connectivity index (χ2v) is 4.45. The zero-order chi connectivity index (χ0) is 14.4. The summed E-state index contributed by atoms with van der Waals surface area (Å²) in [7, 11) is 1.62. The number of benzene rings is 2. The monoisotopic (exact) mass is 269 g/mol. The standard InChI is InChI=1S/C17H19NO2/c1-3-16(19)18(15-12-8-5-9-13-15)17(20-2)14-10-6-4-7-11-14/h4-13,17H,3H2,1-2H3. The highest BCUT2D eigenvalue weighted by Crippen LogP contribution is 2.28. The van der Waals surface area contributed by atoms with Crippen molar-refractivity contribution in [1.82, 2.24) is 0 Å². The molecule has 0 aliphatic heterocycles. The number of anilines is 1. The van der Waals surface area contributed by atoms with E-state index in [1.165, 1.54) is 0 Å². The molecule has 1 atom stereocenters. The summed E-state index contributed by atoms with van der Waals surface area (Å²) < 4.78 is 5.58. The van der Waals surface area contributed by atoms with Gasteiger partial charge in [-0.05, 0) is 12.1 Å². The number of nitrogens with zero attached hydrogens (tertiary/aromatic N) is 1. The molecule has 0 saturated carbocycles. The summed E-state index contributed by atoms with van der Waals surface area (Å²) in [5.41, 5.74) is 1.80. The second kappa shape index (κ2) is 6.87. The maximum Gasteiger partial charge on any atom is 0.229 e. The molecule has 0 heterocycles. The lowest BCUT2D eigenvalue weighted by Gasteiger charge is -2.31. The van der Waals surface area contributed by atoms with Crippen molar-refractivity contribution in [2.45, 2.75) is 19.6 Å². The minimum atomic E-state index is -0.411. The molecule has 0 aromatic heterocycles. The second-order valence-electron chi connectivity index (χ2n) is 4.45. The summed E-state index contributed by atoms with van der Waals surface area (Å²) in [6.45, 7) is 1.86. The zero-order valence-electron chi connectivity index (χ0n) is 11.8. The van der Waals surface area contributed by atoms with Crippen LogP contribution in [0.4, 0.5) is 5.69 Å². The molecule has 2 aromatic rings. The van der Waals surface area contributed by atoms with Crippen LogP contribution in [0, 0.1) is 0 Å². The van der Waals surface area contributed by atoms with Crippen LogP contribution in [0.15, 0.2) is 60.7 Å². The van der Waals surface area contributed by atoms with Crippen molar-refractivity contribution in [2.24, 2.45) is 0 Å². The van der Waals surface area contributed by atoms with E-state index in [4.69, 9.17) is 4.74 Å². The molecule has 0 aliphatic rings. The number of hydrogen-bond acceptors (Lipinski definition) is 2. The van der Waals surface area contributed by atoms with Crippen LogP contribution in [-0.4, -0.2) is 13.0 Å². The Bertz CT molecular complexity index is 539. The van der Waals surface area contributed by atoms with E-state index in [-0.39, 0.29) is 5.91 Å². The lowest BCUT2D eigenvalue weighted by molar-refractivity contribution is -0.120. The number of methoxy groups -OCH3 is 1. The third-order valence-corrected chi connectivity index (χ3v) is 3.15. The average Bonchev–Trinajstić information content (AvgIpc) is 2.53. The smallest absolute Gasteiger partial charge is 0.229 e. The summed E-state index contributed by atoms with van der Waals surface area (Å²) in [5.74, 6) is 0.0342. The minimum absolute atomic E-state index is 0.0342. The van der Waals surface area contributed by atoms with Gasteiger partial charge in [-0.25, -0.2) is 0 Å². The minimum Gasteiger partial charge on any atom is -0.357 e. The van der Waals surface area contributed by atoms with E-state index in [2.05, 4.69) is 0 Å². The van der Waals surface area contributed by atoms with Gasteiger partial charge in [0.15, 0.2) is 6.23 Å². The first-order valence-corrected chi connectivity index (χ1v) is 6.72. The molecule has 2 aromatic carbocycles. The van der Waals surface area contributed by atoms with Crippen LogP contribution in [0.2, 0.25) is 0 Å². The number of amides is 1. The average molecular weight is 269 g/mol. The van der Waals surface area contributed by atoms with Crippen LogP contribution in [-0.2, 0) is 9.53 Å². The Morgan fingerprint density at radius 3 is 2.10 bits per heavy atom. The van der Waals surface area contributed by atoms with Crippen LogP contribution in [0.3, 0.4) is 0 Å². The van der Waals surface area contributed by atoms with Crippen LogP contribution in [0.1, 0.15) is 25.1 Å². The first-order chi connectivity index (χ1) is 9.77. The number of carbonyl (C=O) groups is 1. The summed E-state index contributed by atoms with van der Waals surface area (Å²) in [6, 6.07) is 19.4. The van der Waals surface area contributed by atoms with Crippen LogP contribution in [0.25, 0.3) is 0 Å². The van der Waals surface area contributed by atoms with E-state index in [9.17, 15) is 4.79 Å². The third-order valence-electron chi connectivity index (χ3n) is 3.15. The molecule has 0 fully saturated rings. The maximum atomic E-state index is 12.3. The Labute approximate surface area is 119 Å². The van der Waals surface area contributed by atoms with Crippen molar-refractivity contribution >= 4 is 11.6 Å². The van der Waals surface area contributed by atoms with E-state index in [1.807, 2.05) is 67.6 Å². The predicted molar refractivity (Wildman–Crippen MR) is 80.4 cm³/mol. The number of rotatable bonds is 5. The van der Waals surface area contributed by atoms with Crippen molar-refractivity contribution in [1.29, 1.82) is 0 Å². The van der Waals surface area contributed by atoms with E-state index in [1.54, 1.807) is 12.0 Å². The highest BCUT2D eigenvalue weighted by molar-refractivity contribution is 5.93. The Morgan fingerprint density at radius 2 is 1.60 bits per heavy atom. The predicted octanol–water partition coefficient (Wildman–Crippen LogP) is 3.77. The van der Waals surface area contributed by atoms with Crippen LogP contribution in [0.5, 0.6) is 0 Å². The largest absolute Gasteiger partial charge is 0.357 e. The van der Waals surface area contributed by atoms with Crippen LogP contribution >= 0.6 is 0 Å². The quantitative estimate of drug-likeness (QED) is 0.773. The molecule has 20 heavy (non-hydrogen) atoms.